The number of fused-ring (bicyclic) bond motifs is 3. The fourth-order valence-corrected chi connectivity index (χ4v) is 17.4. The third kappa shape index (κ3) is 15.9. The number of nitrogens with one attached hydrogen (secondary N) is 1. The quantitative estimate of drug-likeness (QED) is 0.00896. The molecule has 15 nitrogen and oxygen atoms in total. The van der Waals surface area contributed by atoms with Gasteiger partial charge in [-0.25, -0.2) is 67.1 Å². The smallest absolute Gasteiger partial charge is 0.328 e. The number of halogens is 10. The van der Waals surface area contributed by atoms with Crippen LogP contribution in [-0.4, -0.2) is 85.9 Å². The molecule has 0 saturated carbocycles. The van der Waals surface area contributed by atoms with Gasteiger partial charge in [-0.1, -0.05) is 143 Å². The number of aromatic nitrogens is 4. The van der Waals surface area contributed by atoms with Gasteiger partial charge in [0.2, 0.25) is 23.2 Å². The minimum absolute atomic E-state index is 0.0235. The first-order valence-electron chi connectivity index (χ1n) is 36.1. The van der Waals surface area contributed by atoms with E-state index in [-0.39, 0.29) is 56.6 Å². The SMILES string of the molecule is [C-]#[N+]/C(c1nc2cc(OC)ccc2s1)=c1\c2c(-c3ccc(OCCCCC(=O)NCc4c(F)c(F)c(F)c(F)c4F)cc3)n(B(c3ccccc3)c3ccccc3)/c(=C(/C#N)c3nc4cc(OC)ccc4s3)c2c(-c2ccc(OCCCCC(=O)CS(=O)(=O)c3c(F)c(F)c(F)c(F)c3F)cc2)n1B(c1ccccc1)c1ccccc1. The van der Waals surface area contributed by atoms with Crippen LogP contribution in [0, 0.1) is 76.1 Å². The van der Waals surface area contributed by atoms with Crippen LogP contribution in [0.5, 0.6) is 23.0 Å². The fraction of sp³-hybridized carbons (Fsp3) is 0.140. The van der Waals surface area contributed by atoms with Crippen molar-refractivity contribution in [2.45, 2.75) is 50.0 Å². The summed E-state index contributed by atoms with van der Waals surface area (Å²) in [6.07, 6.45) is -0.129. The van der Waals surface area contributed by atoms with E-state index in [0.717, 1.165) is 31.3 Å². The first-order chi connectivity index (χ1) is 56.1. The maximum Gasteiger partial charge on any atom is 0.328 e. The number of nitrogens with zero attached hydrogens (tertiary/aromatic N) is 6. The number of benzene rings is 10. The zero-order valence-corrected chi connectivity index (χ0v) is 63.8. The average Bonchev–Trinajstić information content (AvgIpc) is 1.52. The number of nitriles is 1. The highest BCUT2D eigenvalue weighted by molar-refractivity contribution is 7.92. The van der Waals surface area contributed by atoms with E-state index in [1.807, 2.05) is 158 Å². The predicted molar refractivity (Wildman–Crippen MR) is 426 cm³/mol. The summed E-state index contributed by atoms with van der Waals surface area (Å²) in [6.45, 7) is 7.15. The molecule has 0 saturated heterocycles. The standard InChI is InChI=1S/C86H61B2F10N7O8S3/c1-100-79(86-103-63-45-59(111-3)39-41-65(63)115-86)83-68-67(80(105(83)88(53-24-12-6-13-25-53)54-26-14-7-15-27-54)49-30-34-56(35-31-49)112-42-18-16-28-55(106)48-116(108,109)84-77(97)75(95)74(94)76(96)78(84)98)82(60(46-99)85-102-62-44-58(110-2)38-40-64(62)114-85)104(87(51-20-8-4-9-21-51)52-22-10-5-11-23-52)81(68)50-32-36-57(37-33-50)113-43-19-17-29-66(107)101-47-61-69(89)71(91)73(93)72(92)70(61)90/h4-15,20-27,30-41,44-45H,16-19,28-29,42-43,47-48H2,2-3H3,(H,101,107)/b82-60-,83-79+. The van der Waals surface area contributed by atoms with Gasteiger partial charge < -0.3 is 33.2 Å². The van der Waals surface area contributed by atoms with E-state index < -0.39 is 123 Å². The molecular formula is C86H61B2F10N7O8S3. The third-order valence-electron chi connectivity index (χ3n) is 19.5. The molecule has 0 fully saturated rings. The average molecular weight is 1630 g/mol. The Morgan fingerprint density at radius 3 is 1.32 bits per heavy atom. The molecule has 0 radical (unpaired) electrons. The van der Waals surface area contributed by atoms with Crippen LogP contribution >= 0.6 is 22.7 Å². The van der Waals surface area contributed by atoms with E-state index in [0.29, 0.717) is 88.0 Å². The highest BCUT2D eigenvalue weighted by Crippen LogP contribution is 2.41. The number of rotatable bonds is 29. The van der Waals surface area contributed by atoms with Gasteiger partial charge in [-0.2, -0.15) is 5.26 Å². The van der Waals surface area contributed by atoms with Gasteiger partial charge >= 0.3 is 13.7 Å². The van der Waals surface area contributed by atoms with Crippen molar-refractivity contribution < 1.29 is 80.9 Å². The molecule has 582 valence electrons. The van der Waals surface area contributed by atoms with Gasteiger partial charge in [-0.3, -0.25) is 9.59 Å². The Labute approximate surface area is 665 Å². The van der Waals surface area contributed by atoms with Gasteiger partial charge in [0.25, 0.3) is 0 Å². The molecule has 30 heteroatoms. The number of ketones is 1. The van der Waals surface area contributed by atoms with E-state index in [9.17, 15) is 73.7 Å². The zero-order chi connectivity index (χ0) is 81.6. The number of hydrogen-bond donors (Lipinski definition) is 1. The predicted octanol–water partition coefficient (Wildman–Crippen LogP) is 15.0. The molecule has 0 aliphatic carbocycles. The number of Topliss-reactive ketones (excluding diaryl/α,β-unsaturated/α-hetero) is 1. The van der Waals surface area contributed by atoms with Crippen LogP contribution in [0.1, 0.15) is 54.1 Å². The maximum atomic E-state index is 14.7. The van der Waals surface area contributed by atoms with Crippen LogP contribution in [-0.2, 0) is 26.0 Å². The second-order valence-corrected chi connectivity index (χ2v) is 30.7. The highest BCUT2D eigenvalue weighted by Gasteiger charge is 2.39. The molecule has 4 heterocycles. The van der Waals surface area contributed by atoms with Gasteiger partial charge in [0.15, 0.2) is 56.4 Å². The summed E-state index contributed by atoms with van der Waals surface area (Å²) in [5.74, 6) is -25.0. The monoisotopic (exact) mass is 1630 g/mol. The van der Waals surface area contributed by atoms with Crippen molar-refractivity contribution in [3.8, 4) is 51.6 Å². The van der Waals surface area contributed by atoms with Crippen molar-refractivity contribution in [2.24, 2.45) is 0 Å². The van der Waals surface area contributed by atoms with Gasteiger partial charge in [0.1, 0.15) is 61.1 Å². The molecule has 0 atom stereocenters. The Bertz CT molecular complexity index is 6230. The lowest BCUT2D eigenvalue weighted by atomic mass is 9.50. The molecule has 0 unspecified atom stereocenters. The van der Waals surface area contributed by atoms with Crippen LogP contribution in [0.2, 0.25) is 0 Å². The van der Waals surface area contributed by atoms with Crippen LogP contribution in [0.4, 0.5) is 43.9 Å². The number of ether oxygens (including phenoxy) is 4. The molecule has 0 spiro atoms. The Balaban J connectivity index is 0.989. The van der Waals surface area contributed by atoms with Crippen LogP contribution in [0.15, 0.2) is 211 Å². The van der Waals surface area contributed by atoms with E-state index in [1.54, 1.807) is 55.6 Å². The first kappa shape index (κ1) is 79.9. The summed E-state index contributed by atoms with van der Waals surface area (Å²) in [5.41, 5.74) is 5.24. The van der Waals surface area contributed by atoms with Gasteiger partial charge in [-0.05, 0) is 110 Å². The molecule has 14 aromatic rings. The molecule has 4 aromatic heterocycles. The number of hydrogen-bond acceptors (Lipinski definition) is 13. The summed E-state index contributed by atoms with van der Waals surface area (Å²) in [7, 11) is -2.26. The van der Waals surface area contributed by atoms with Crippen molar-refractivity contribution in [1.82, 2.24) is 24.2 Å². The molecule has 116 heavy (non-hydrogen) atoms. The summed E-state index contributed by atoms with van der Waals surface area (Å²) < 4.78 is 198. The second kappa shape index (κ2) is 34.5. The lowest BCUT2D eigenvalue weighted by Gasteiger charge is -2.24. The van der Waals surface area contributed by atoms with Crippen LogP contribution < -0.4 is 56.8 Å². The van der Waals surface area contributed by atoms with Gasteiger partial charge in [0, 0.05) is 64.6 Å². The number of carbonyl (C=O) groups excluding carboxylic acids is 2. The van der Waals surface area contributed by atoms with E-state index in [1.165, 1.54) is 29.8 Å². The van der Waals surface area contributed by atoms with E-state index in [2.05, 4.69) is 25.2 Å². The lowest BCUT2D eigenvalue weighted by Crippen LogP contribution is -2.54. The van der Waals surface area contributed by atoms with Crippen molar-refractivity contribution in [3.05, 3.63) is 302 Å². The Morgan fingerprint density at radius 1 is 0.500 bits per heavy atom. The summed E-state index contributed by atoms with van der Waals surface area (Å²) >= 11 is 2.57. The maximum absolute atomic E-state index is 14.7. The van der Waals surface area contributed by atoms with Crippen molar-refractivity contribution >= 4 is 122 Å². The Hall–Kier alpha value is -12.8. The fourth-order valence-electron chi connectivity index (χ4n) is 14.1. The highest BCUT2D eigenvalue weighted by atomic mass is 32.2. The van der Waals surface area contributed by atoms with Crippen LogP contribution in [0.3, 0.4) is 0 Å². The second-order valence-electron chi connectivity index (χ2n) is 26.7. The Morgan fingerprint density at radius 2 is 0.888 bits per heavy atom. The summed E-state index contributed by atoms with van der Waals surface area (Å²) in [4.78, 5) is 39.1. The first-order valence-corrected chi connectivity index (χ1v) is 39.3. The number of amides is 1. The lowest BCUT2D eigenvalue weighted by molar-refractivity contribution is -0.121. The molecule has 0 bridgehead atoms. The van der Waals surface area contributed by atoms with E-state index in [4.69, 9.17) is 28.9 Å². The molecular weight excluding hydrogens is 1570 g/mol. The van der Waals surface area contributed by atoms with Gasteiger partial charge in [-0.15, -0.1) is 22.7 Å². The minimum atomic E-state index is -5.34. The third-order valence-corrected chi connectivity index (χ3v) is 23.2. The molecule has 10 aromatic carbocycles. The van der Waals surface area contributed by atoms with Gasteiger partial charge in [0.05, 0.1) is 59.8 Å². The van der Waals surface area contributed by atoms with E-state index >= 15 is 0 Å². The van der Waals surface area contributed by atoms with Crippen molar-refractivity contribution in [3.63, 3.8) is 0 Å². The molecule has 1 N–H and O–H groups in total. The number of unbranched alkanes of at least 4 members (excludes halogenated alkanes) is 2. The molecule has 0 aliphatic heterocycles. The minimum Gasteiger partial charge on any atom is -0.497 e. The summed E-state index contributed by atoms with van der Waals surface area (Å²) in [6, 6.07) is 66.7. The number of carbonyl (C=O) groups is 2. The van der Waals surface area contributed by atoms with Crippen molar-refractivity contribution in [1.29, 1.82) is 5.26 Å². The number of sulfone groups is 1. The zero-order valence-electron chi connectivity index (χ0n) is 61.3. The Kier molecular flexibility index (Phi) is 23.8. The molecule has 14 rings (SSSR count). The largest absolute Gasteiger partial charge is 0.497 e. The summed E-state index contributed by atoms with van der Waals surface area (Å²) in [5, 5.41) is 17.1. The van der Waals surface area contributed by atoms with Crippen LogP contribution in [0.25, 0.3) is 69.8 Å². The normalized spacial score (nSPS) is 12.0. The number of thiazole rings is 2. The molecule has 1 amide bonds. The topological polar surface area (TPSA) is 181 Å². The number of methoxy groups -OCH3 is 2. The molecule has 0 aliphatic rings. The van der Waals surface area contributed by atoms with Crippen molar-refractivity contribution in [2.75, 3.05) is 33.2 Å².